The zero-order chi connectivity index (χ0) is 9.35. The Hall–Kier alpha value is -0.830. The van der Waals surface area contributed by atoms with Crippen LogP contribution in [0.3, 0.4) is 0 Å². The van der Waals surface area contributed by atoms with Gasteiger partial charge in [0, 0.05) is 6.20 Å². The average Bonchev–Trinajstić information content (AvgIpc) is 1.92. The average molecular weight is 194 g/mol. The lowest BCUT2D eigenvalue weighted by Crippen LogP contribution is -2.13. The van der Waals surface area contributed by atoms with Gasteiger partial charge in [-0.25, -0.2) is 4.98 Å². The molecule has 12 heavy (non-hydrogen) atoms. The molecule has 0 aliphatic rings. The van der Waals surface area contributed by atoms with Gasteiger partial charge in [-0.3, -0.25) is 0 Å². The largest absolute Gasteiger partial charge is 0.419 e. The number of nitrogen functional groups attached to an aromatic ring is 1. The van der Waals surface area contributed by atoms with Gasteiger partial charge in [0.1, 0.15) is 5.82 Å². The molecule has 0 aliphatic heterocycles. The molecule has 2 N–H and O–H groups in total. The second-order valence-corrected chi connectivity index (χ2v) is 2.87. The molecular weight excluding hydrogens is 188 g/mol. The minimum absolute atomic E-state index is 0.358. The molecule has 0 amide bonds. The highest BCUT2D eigenvalue weighted by Gasteiger charge is 2.33. The lowest BCUT2D eigenvalue weighted by Gasteiger charge is -2.08. The maximum absolute atomic E-state index is 12.1. The van der Waals surface area contributed by atoms with Crippen molar-refractivity contribution in [1.29, 1.82) is 0 Å². The zero-order valence-electron chi connectivity index (χ0n) is 5.89. The number of pyridine rings is 1. The van der Waals surface area contributed by atoms with Crippen LogP contribution >= 0.6 is 9.24 Å². The van der Waals surface area contributed by atoms with Crippen molar-refractivity contribution in [3.8, 4) is 0 Å². The number of nitrogens with two attached hydrogens (primary N) is 1. The molecule has 66 valence electrons. The van der Waals surface area contributed by atoms with Crippen LogP contribution in [-0.4, -0.2) is 4.98 Å². The van der Waals surface area contributed by atoms with Crippen LogP contribution < -0.4 is 11.0 Å². The van der Waals surface area contributed by atoms with Crippen molar-refractivity contribution in [2.24, 2.45) is 0 Å². The summed E-state index contributed by atoms with van der Waals surface area (Å²) >= 11 is 0. The summed E-state index contributed by atoms with van der Waals surface area (Å²) in [6.45, 7) is 0. The fourth-order valence-corrected chi connectivity index (χ4v) is 0.960. The molecule has 1 atom stereocenters. The van der Waals surface area contributed by atoms with Gasteiger partial charge in [0.15, 0.2) is 0 Å². The van der Waals surface area contributed by atoms with E-state index in [9.17, 15) is 13.2 Å². The molecule has 2 nitrogen and oxygen atoms in total. The molecule has 1 rings (SSSR count). The minimum atomic E-state index is -4.43. The molecule has 0 saturated carbocycles. The fourth-order valence-electron chi connectivity index (χ4n) is 0.719. The molecule has 0 saturated heterocycles. The van der Waals surface area contributed by atoms with Crippen molar-refractivity contribution < 1.29 is 13.2 Å². The molecule has 0 radical (unpaired) electrons. The van der Waals surface area contributed by atoms with Crippen LogP contribution in [0.15, 0.2) is 12.3 Å². The van der Waals surface area contributed by atoms with Gasteiger partial charge >= 0.3 is 6.18 Å². The molecule has 0 fully saturated rings. The lowest BCUT2D eigenvalue weighted by molar-refractivity contribution is -0.137. The Labute approximate surface area is 69.2 Å². The number of hydrogen-bond acceptors (Lipinski definition) is 2. The SMILES string of the molecule is Nc1ncc(P)cc1C(F)(F)F. The smallest absolute Gasteiger partial charge is 0.383 e. The van der Waals surface area contributed by atoms with Gasteiger partial charge in [0.2, 0.25) is 0 Å². The van der Waals surface area contributed by atoms with Gasteiger partial charge in [0.05, 0.1) is 5.56 Å². The van der Waals surface area contributed by atoms with E-state index in [1.807, 2.05) is 0 Å². The monoisotopic (exact) mass is 194 g/mol. The third-order valence-electron chi connectivity index (χ3n) is 1.25. The summed E-state index contributed by atoms with van der Waals surface area (Å²) in [5, 5.41) is 0.358. The van der Waals surface area contributed by atoms with E-state index in [2.05, 4.69) is 14.2 Å². The van der Waals surface area contributed by atoms with Crippen molar-refractivity contribution in [2.75, 3.05) is 5.73 Å². The number of alkyl halides is 3. The predicted octanol–water partition coefficient (Wildman–Crippen LogP) is 1.18. The number of anilines is 1. The number of aromatic nitrogens is 1. The first-order chi connectivity index (χ1) is 5.41. The highest BCUT2D eigenvalue weighted by Crippen LogP contribution is 2.31. The number of hydrogen-bond donors (Lipinski definition) is 1. The molecular formula is C6H6F3N2P. The fraction of sp³-hybridized carbons (Fsp3) is 0.167. The van der Waals surface area contributed by atoms with Crippen LogP contribution in [0, 0.1) is 0 Å². The number of nitrogens with zero attached hydrogens (tertiary/aromatic N) is 1. The highest BCUT2D eigenvalue weighted by molar-refractivity contribution is 7.27. The Morgan fingerprint density at radius 1 is 1.42 bits per heavy atom. The van der Waals surface area contributed by atoms with Crippen molar-refractivity contribution in [1.82, 2.24) is 4.98 Å². The molecule has 1 aromatic heterocycles. The predicted molar refractivity (Wildman–Crippen MR) is 43.0 cm³/mol. The Morgan fingerprint density at radius 2 is 2.00 bits per heavy atom. The van der Waals surface area contributed by atoms with Crippen molar-refractivity contribution in [2.45, 2.75) is 6.18 Å². The maximum atomic E-state index is 12.1. The van der Waals surface area contributed by atoms with Crippen LogP contribution in [0.5, 0.6) is 0 Å². The summed E-state index contributed by atoms with van der Waals surface area (Å²) in [6, 6.07) is 0.938. The van der Waals surface area contributed by atoms with E-state index >= 15 is 0 Å². The molecule has 0 aliphatic carbocycles. The zero-order valence-corrected chi connectivity index (χ0v) is 7.05. The maximum Gasteiger partial charge on any atom is 0.419 e. The van der Waals surface area contributed by atoms with Crippen LogP contribution in [0.4, 0.5) is 19.0 Å². The van der Waals surface area contributed by atoms with Crippen LogP contribution in [0.25, 0.3) is 0 Å². The van der Waals surface area contributed by atoms with Crippen molar-refractivity contribution in [3.05, 3.63) is 17.8 Å². The topological polar surface area (TPSA) is 38.9 Å². The normalized spacial score (nSPS) is 11.7. The van der Waals surface area contributed by atoms with Gasteiger partial charge in [-0.15, -0.1) is 9.24 Å². The molecule has 0 bridgehead atoms. The van der Waals surface area contributed by atoms with E-state index in [1.165, 1.54) is 6.20 Å². The van der Waals surface area contributed by atoms with Crippen LogP contribution in [-0.2, 0) is 6.18 Å². The Morgan fingerprint density at radius 3 is 2.42 bits per heavy atom. The Bertz CT molecular complexity index is 297. The second-order valence-electron chi connectivity index (χ2n) is 2.20. The van der Waals surface area contributed by atoms with Crippen molar-refractivity contribution in [3.63, 3.8) is 0 Å². The third-order valence-corrected chi connectivity index (χ3v) is 1.56. The minimum Gasteiger partial charge on any atom is -0.383 e. The third kappa shape index (κ3) is 1.85. The van der Waals surface area contributed by atoms with E-state index in [-0.39, 0.29) is 0 Å². The van der Waals surface area contributed by atoms with Crippen molar-refractivity contribution >= 4 is 20.4 Å². The van der Waals surface area contributed by atoms with E-state index in [1.54, 1.807) is 0 Å². The molecule has 1 aromatic rings. The summed E-state index contributed by atoms with van der Waals surface area (Å²) in [5.41, 5.74) is 4.14. The number of halogens is 3. The first-order valence-electron chi connectivity index (χ1n) is 2.99. The van der Waals surface area contributed by atoms with Gasteiger partial charge in [-0.1, -0.05) is 0 Å². The number of rotatable bonds is 0. The molecule has 1 unspecified atom stereocenters. The Kier molecular flexibility index (Phi) is 2.24. The van der Waals surface area contributed by atoms with Crippen LogP contribution in [0.2, 0.25) is 0 Å². The van der Waals surface area contributed by atoms with E-state index in [0.29, 0.717) is 5.30 Å². The summed E-state index contributed by atoms with van der Waals surface area (Å²) < 4.78 is 36.3. The van der Waals surface area contributed by atoms with Crippen LogP contribution in [0.1, 0.15) is 5.56 Å². The van der Waals surface area contributed by atoms with Gasteiger partial charge < -0.3 is 5.73 Å². The molecule has 0 spiro atoms. The van der Waals surface area contributed by atoms with E-state index < -0.39 is 17.6 Å². The standard InChI is InChI=1S/C6H6F3N2P/c7-6(8,9)4-1-3(12)2-11-5(4)10/h1-2H,12H2,(H2,10,11). The lowest BCUT2D eigenvalue weighted by atomic mass is 10.2. The summed E-state index contributed by atoms with van der Waals surface area (Å²) in [6.07, 6.45) is -3.17. The Balaban J connectivity index is 3.23. The highest BCUT2D eigenvalue weighted by atomic mass is 31.0. The first-order valence-corrected chi connectivity index (χ1v) is 3.57. The summed E-state index contributed by atoms with van der Waals surface area (Å²) in [4.78, 5) is 3.38. The first kappa shape index (κ1) is 9.26. The van der Waals surface area contributed by atoms with Gasteiger partial charge in [-0.05, 0) is 11.4 Å². The molecule has 1 heterocycles. The summed E-state index contributed by atoms with van der Waals surface area (Å²) in [7, 11) is 2.13. The van der Waals surface area contributed by atoms with Gasteiger partial charge in [0.25, 0.3) is 0 Å². The van der Waals surface area contributed by atoms with Gasteiger partial charge in [-0.2, -0.15) is 13.2 Å². The molecule has 0 aromatic carbocycles. The quantitative estimate of drug-likeness (QED) is 0.630. The van der Waals surface area contributed by atoms with E-state index in [0.717, 1.165) is 6.07 Å². The second kappa shape index (κ2) is 2.90. The molecule has 6 heteroatoms. The van der Waals surface area contributed by atoms with E-state index in [4.69, 9.17) is 5.73 Å². The summed E-state index contributed by atoms with van der Waals surface area (Å²) in [5.74, 6) is -0.492.